The van der Waals surface area contributed by atoms with E-state index in [1.807, 2.05) is 13.0 Å². The van der Waals surface area contributed by atoms with Crippen LogP contribution in [0.25, 0.3) is 0 Å². The molecule has 2 aromatic rings. The van der Waals surface area contributed by atoms with E-state index in [4.69, 9.17) is 10.7 Å². The molecule has 3 heterocycles. The molecule has 0 radical (unpaired) electrons. The minimum Gasteiger partial charge on any atom is -0.465 e. The number of hydrogen-bond donors (Lipinski definition) is 2. The number of nitrogens with zero attached hydrogens (tertiary/aromatic N) is 4. The van der Waals surface area contributed by atoms with Crippen molar-refractivity contribution in [2.75, 3.05) is 19.6 Å². The van der Waals surface area contributed by atoms with Crippen molar-refractivity contribution in [2.24, 2.45) is 5.73 Å². The Labute approximate surface area is 182 Å². The molecule has 0 aliphatic carbocycles. The van der Waals surface area contributed by atoms with E-state index in [1.54, 1.807) is 6.07 Å². The predicted octanol–water partition coefficient (Wildman–Crippen LogP) is 3.48. The summed E-state index contributed by atoms with van der Waals surface area (Å²) in [5, 5.41) is 9.40. The number of halogens is 1. The van der Waals surface area contributed by atoms with Crippen LogP contribution >= 0.6 is 0 Å². The Balaban J connectivity index is 1.38. The van der Waals surface area contributed by atoms with E-state index < -0.39 is 6.09 Å². The molecule has 8 heteroatoms. The molecule has 4 rings (SSSR count). The van der Waals surface area contributed by atoms with Gasteiger partial charge in [-0.15, -0.1) is 0 Å². The van der Waals surface area contributed by atoms with Gasteiger partial charge in [-0.05, 0) is 50.8 Å². The minimum atomic E-state index is -0.866. The molecule has 2 aliphatic heterocycles. The van der Waals surface area contributed by atoms with Crippen molar-refractivity contribution >= 4 is 6.09 Å². The molecule has 2 atom stereocenters. The fourth-order valence-electron chi connectivity index (χ4n) is 5.14. The number of imidazole rings is 1. The highest BCUT2D eigenvalue weighted by molar-refractivity contribution is 5.65. The Morgan fingerprint density at radius 2 is 2.06 bits per heavy atom. The number of carboxylic acid groups (broad SMARTS) is 1. The third-order valence-electron chi connectivity index (χ3n) is 6.86. The predicted molar refractivity (Wildman–Crippen MR) is 116 cm³/mol. The van der Waals surface area contributed by atoms with Gasteiger partial charge in [0.2, 0.25) is 0 Å². The Bertz CT molecular complexity index is 938. The number of carbonyl (C=O) groups is 1. The lowest BCUT2D eigenvalue weighted by Gasteiger charge is -2.38. The van der Waals surface area contributed by atoms with Gasteiger partial charge < -0.3 is 25.2 Å². The van der Waals surface area contributed by atoms with Crippen LogP contribution in [0.5, 0.6) is 0 Å². The van der Waals surface area contributed by atoms with Crippen molar-refractivity contribution in [1.82, 2.24) is 19.4 Å². The molecule has 7 nitrogen and oxygen atoms in total. The number of nitrogens with two attached hydrogens (primary N) is 1. The van der Waals surface area contributed by atoms with E-state index in [1.165, 1.54) is 17.0 Å². The lowest BCUT2D eigenvalue weighted by Crippen LogP contribution is -2.42. The van der Waals surface area contributed by atoms with Crippen LogP contribution in [0.3, 0.4) is 0 Å². The van der Waals surface area contributed by atoms with Crippen LogP contribution in [0.4, 0.5) is 9.18 Å². The molecule has 3 N–H and O–H groups in total. The standard InChI is InChI=1S/C23H32FN5O2/c1-15(12-20(25)17-4-3-5-18(24)13-17)27-9-6-19(7-10-27)29-16(2)26-21-8-11-28(23(30)31)14-22(21)29/h3-5,13,15,19-20H,6-12,14,25H2,1-2H3,(H,30,31)/t15?,20-/m0/s1. The lowest BCUT2D eigenvalue weighted by atomic mass is 9.97. The fourth-order valence-corrected chi connectivity index (χ4v) is 5.14. The first-order valence-electron chi connectivity index (χ1n) is 11.1. The number of hydrogen-bond acceptors (Lipinski definition) is 4. The Kier molecular flexibility index (Phi) is 6.29. The number of benzene rings is 1. The zero-order chi connectivity index (χ0) is 22.1. The topological polar surface area (TPSA) is 87.6 Å². The Morgan fingerprint density at radius 3 is 2.74 bits per heavy atom. The molecule has 1 amide bonds. The number of rotatable bonds is 5. The van der Waals surface area contributed by atoms with Crippen LogP contribution in [-0.2, 0) is 13.0 Å². The second-order valence-corrected chi connectivity index (χ2v) is 8.89. The van der Waals surface area contributed by atoms with E-state index >= 15 is 0 Å². The summed E-state index contributed by atoms with van der Waals surface area (Å²) in [6, 6.07) is 7.02. The lowest BCUT2D eigenvalue weighted by molar-refractivity contribution is 0.125. The minimum absolute atomic E-state index is 0.187. The van der Waals surface area contributed by atoms with Gasteiger partial charge in [0.25, 0.3) is 0 Å². The highest BCUT2D eigenvalue weighted by Crippen LogP contribution is 2.31. The average Bonchev–Trinajstić information content (AvgIpc) is 3.08. The molecular weight excluding hydrogens is 397 g/mol. The zero-order valence-electron chi connectivity index (χ0n) is 18.3. The van der Waals surface area contributed by atoms with Crippen molar-refractivity contribution < 1.29 is 14.3 Å². The van der Waals surface area contributed by atoms with E-state index in [0.29, 0.717) is 31.6 Å². The van der Waals surface area contributed by atoms with Crippen molar-refractivity contribution in [3.05, 3.63) is 52.9 Å². The molecule has 1 aromatic heterocycles. The van der Waals surface area contributed by atoms with Crippen molar-refractivity contribution in [3.63, 3.8) is 0 Å². The quantitative estimate of drug-likeness (QED) is 0.760. The van der Waals surface area contributed by atoms with Crippen LogP contribution in [-0.4, -0.2) is 56.2 Å². The van der Waals surface area contributed by atoms with E-state index in [-0.39, 0.29) is 11.9 Å². The summed E-state index contributed by atoms with van der Waals surface area (Å²) in [5.74, 6) is 0.735. The van der Waals surface area contributed by atoms with Crippen LogP contribution < -0.4 is 5.73 Å². The number of aryl methyl sites for hydroxylation is 1. The molecule has 0 saturated carbocycles. The van der Waals surface area contributed by atoms with Gasteiger partial charge in [0, 0.05) is 44.2 Å². The van der Waals surface area contributed by atoms with Gasteiger partial charge in [0.15, 0.2) is 0 Å². The SMILES string of the molecule is Cc1nc2c(n1C1CCN(C(C)C[C@H](N)c3cccc(F)c3)CC1)CN(C(=O)O)CC2. The van der Waals surface area contributed by atoms with Crippen molar-refractivity contribution in [3.8, 4) is 0 Å². The smallest absolute Gasteiger partial charge is 0.407 e. The molecule has 0 bridgehead atoms. The van der Waals surface area contributed by atoms with Crippen molar-refractivity contribution in [1.29, 1.82) is 0 Å². The second kappa shape index (κ2) is 8.96. The normalized spacial score (nSPS) is 19.8. The second-order valence-electron chi connectivity index (χ2n) is 8.89. The summed E-state index contributed by atoms with van der Waals surface area (Å²) < 4.78 is 15.8. The van der Waals surface area contributed by atoms with Gasteiger partial charge in [0.05, 0.1) is 17.9 Å². The van der Waals surface area contributed by atoms with Crippen LogP contribution in [0, 0.1) is 12.7 Å². The van der Waals surface area contributed by atoms with Gasteiger partial charge in [0.1, 0.15) is 11.6 Å². The van der Waals surface area contributed by atoms with E-state index in [2.05, 4.69) is 16.4 Å². The molecule has 31 heavy (non-hydrogen) atoms. The summed E-state index contributed by atoms with van der Waals surface area (Å²) in [5.41, 5.74) is 9.30. The molecule has 0 spiro atoms. The summed E-state index contributed by atoms with van der Waals surface area (Å²) in [7, 11) is 0. The number of amides is 1. The van der Waals surface area contributed by atoms with Crippen molar-refractivity contribution in [2.45, 2.75) is 64.2 Å². The highest BCUT2D eigenvalue weighted by Gasteiger charge is 2.31. The maximum Gasteiger partial charge on any atom is 0.407 e. The number of aromatic nitrogens is 2. The number of piperidine rings is 1. The third kappa shape index (κ3) is 4.60. The molecule has 1 unspecified atom stereocenters. The van der Waals surface area contributed by atoms with Gasteiger partial charge in [-0.3, -0.25) is 0 Å². The van der Waals surface area contributed by atoms with E-state index in [0.717, 1.165) is 55.1 Å². The van der Waals surface area contributed by atoms with Gasteiger partial charge >= 0.3 is 6.09 Å². The average molecular weight is 430 g/mol. The first kappa shape index (κ1) is 21.8. The summed E-state index contributed by atoms with van der Waals surface area (Å²) >= 11 is 0. The van der Waals surface area contributed by atoms with E-state index in [9.17, 15) is 14.3 Å². The summed E-state index contributed by atoms with van der Waals surface area (Å²) in [6.45, 7) is 7.06. The molecular formula is C23H32FN5O2. The molecule has 168 valence electrons. The molecule has 1 fully saturated rings. The van der Waals surface area contributed by atoms with Gasteiger partial charge in [-0.2, -0.15) is 0 Å². The zero-order valence-corrected chi connectivity index (χ0v) is 18.3. The fraction of sp³-hybridized carbons (Fsp3) is 0.565. The van der Waals surface area contributed by atoms with Crippen LogP contribution in [0.2, 0.25) is 0 Å². The maximum atomic E-state index is 13.5. The highest BCUT2D eigenvalue weighted by atomic mass is 19.1. The third-order valence-corrected chi connectivity index (χ3v) is 6.86. The van der Waals surface area contributed by atoms with Crippen LogP contribution in [0.15, 0.2) is 24.3 Å². The molecule has 1 saturated heterocycles. The van der Waals surface area contributed by atoms with Gasteiger partial charge in [-0.1, -0.05) is 12.1 Å². The Hall–Kier alpha value is -2.45. The van der Waals surface area contributed by atoms with Gasteiger partial charge in [-0.25, -0.2) is 14.2 Å². The summed E-state index contributed by atoms with van der Waals surface area (Å²) in [6.07, 6.45) is 2.59. The molecule has 2 aliphatic rings. The first-order chi connectivity index (χ1) is 14.8. The largest absolute Gasteiger partial charge is 0.465 e. The van der Waals surface area contributed by atoms with Crippen LogP contribution in [0.1, 0.15) is 61.0 Å². The number of fused-ring (bicyclic) bond motifs is 1. The molecule has 1 aromatic carbocycles. The number of likely N-dealkylation sites (tertiary alicyclic amines) is 1. The summed E-state index contributed by atoms with van der Waals surface area (Å²) in [4.78, 5) is 20.1. The Morgan fingerprint density at radius 1 is 1.32 bits per heavy atom. The maximum absolute atomic E-state index is 13.5. The monoisotopic (exact) mass is 429 g/mol. The first-order valence-corrected chi connectivity index (χ1v) is 11.1.